The third-order valence-electron chi connectivity index (χ3n) is 13.4. The summed E-state index contributed by atoms with van der Waals surface area (Å²) in [6.07, 6.45) is 74.4. The van der Waals surface area contributed by atoms with Crippen LogP contribution in [0.4, 0.5) is 0 Å². The molecule has 68 heavy (non-hydrogen) atoms. The first kappa shape index (κ1) is 65.9. The van der Waals surface area contributed by atoms with Crippen LogP contribution in [0.15, 0.2) is 48.6 Å². The van der Waals surface area contributed by atoms with Crippen molar-refractivity contribution in [2.45, 2.75) is 322 Å². The standard InChI is InChI=1S/C63H116O5/c1-4-7-10-13-16-19-22-25-28-30-31-32-34-37-40-43-46-49-52-55-58-66-59-61(68-63(65)57-54-51-48-45-42-39-35-27-24-21-18-15-12-9-6-3)60-67-62(64)56-53-50-47-44-41-38-36-33-29-26-23-20-17-14-11-8-5-2/h9,12,18,21,27,35,42,45,61H,4-8,10-11,13-17,19-20,22-26,28-34,36-41,43-44,46-60H2,1-3H3/b12-9-,21-18-,35-27-,45-42-. The van der Waals surface area contributed by atoms with Crippen LogP contribution in [0.2, 0.25) is 0 Å². The van der Waals surface area contributed by atoms with Crippen molar-refractivity contribution in [2.24, 2.45) is 0 Å². The summed E-state index contributed by atoms with van der Waals surface area (Å²) in [5.41, 5.74) is 0. The molecule has 0 saturated heterocycles. The summed E-state index contributed by atoms with van der Waals surface area (Å²) < 4.78 is 17.5. The largest absolute Gasteiger partial charge is 0.462 e. The number of hydrogen-bond acceptors (Lipinski definition) is 5. The zero-order valence-corrected chi connectivity index (χ0v) is 45.9. The molecule has 0 aliphatic carbocycles. The maximum absolute atomic E-state index is 12.8. The van der Waals surface area contributed by atoms with Gasteiger partial charge in [-0.05, 0) is 57.8 Å². The second-order valence-corrected chi connectivity index (χ2v) is 20.2. The third kappa shape index (κ3) is 56.4. The van der Waals surface area contributed by atoms with Gasteiger partial charge in [0.2, 0.25) is 0 Å². The van der Waals surface area contributed by atoms with Crippen LogP contribution >= 0.6 is 0 Å². The molecule has 0 heterocycles. The lowest BCUT2D eigenvalue weighted by molar-refractivity contribution is -0.163. The number of allylic oxidation sites excluding steroid dienone is 8. The molecule has 0 N–H and O–H groups in total. The molecular formula is C63H116O5. The van der Waals surface area contributed by atoms with E-state index < -0.39 is 6.10 Å². The first-order chi connectivity index (χ1) is 33.6. The van der Waals surface area contributed by atoms with Crippen molar-refractivity contribution in [3.63, 3.8) is 0 Å². The minimum atomic E-state index is -0.554. The predicted octanol–water partition coefficient (Wildman–Crippen LogP) is 20.7. The second-order valence-electron chi connectivity index (χ2n) is 20.2. The van der Waals surface area contributed by atoms with Crippen molar-refractivity contribution < 1.29 is 23.8 Å². The lowest BCUT2D eigenvalue weighted by Crippen LogP contribution is -2.30. The van der Waals surface area contributed by atoms with Crippen LogP contribution in [0, 0.1) is 0 Å². The zero-order valence-electron chi connectivity index (χ0n) is 45.9. The Morgan fingerprint density at radius 3 is 1.06 bits per heavy atom. The average molecular weight is 954 g/mol. The maximum Gasteiger partial charge on any atom is 0.306 e. The van der Waals surface area contributed by atoms with E-state index in [-0.39, 0.29) is 25.2 Å². The summed E-state index contributed by atoms with van der Waals surface area (Å²) in [6.45, 7) is 7.74. The molecule has 0 bridgehead atoms. The van der Waals surface area contributed by atoms with Gasteiger partial charge in [-0.25, -0.2) is 0 Å². The van der Waals surface area contributed by atoms with Crippen molar-refractivity contribution in [1.82, 2.24) is 0 Å². The van der Waals surface area contributed by atoms with Crippen molar-refractivity contribution >= 4 is 11.9 Å². The van der Waals surface area contributed by atoms with Gasteiger partial charge >= 0.3 is 11.9 Å². The molecule has 0 saturated carbocycles. The van der Waals surface area contributed by atoms with Gasteiger partial charge in [0, 0.05) is 19.4 Å². The van der Waals surface area contributed by atoms with E-state index in [1.807, 2.05) is 0 Å². The van der Waals surface area contributed by atoms with Crippen molar-refractivity contribution in [2.75, 3.05) is 19.8 Å². The van der Waals surface area contributed by atoms with E-state index in [2.05, 4.69) is 69.4 Å². The van der Waals surface area contributed by atoms with E-state index in [9.17, 15) is 9.59 Å². The summed E-state index contributed by atoms with van der Waals surface area (Å²) >= 11 is 0. The molecular weight excluding hydrogens is 837 g/mol. The summed E-state index contributed by atoms with van der Waals surface area (Å²) in [7, 11) is 0. The second kappa shape index (κ2) is 59.2. The summed E-state index contributed by atoms with van der Waals surface area (Å²) in [5, 5.41) is 0. The molecule has 398 valence electrons. The van der Waals surface area contributed by atoms with Crippen LogP contribution in [0.3, 0.4) is 0 Å². The minimum absolute atomic E-state index is 0.0741. The fourth-order valence-electron chi connectivity index (χ4n) is 8.92. The van der Waals surface area contributed by atoms with Crippen LogP contribution in [-0.4, -0.2) is 37.9 Å². The molecule has 1 atom stereocenters. The molecule has 0 aromatic rings. The summed E-state index contributed by atoms with van der Waals surface area (Å²) in [5.74, 6) is -0.425. The lowest BCUT2D eigenvalue weighted by atomic mass is 10.0. The predicted molar refractivity (Wildman–Crippen MR) is 298 cm³/mol. The Kier molecular flexibility index (Phi) is 57.3. The number of esters is 2. The molecule has 0 aromatic carbocycles. The molecule has 5 heteroatoms. The van der Waals surface area contributed by atoms with Gasteiger partial charge in [0.1, 0.15) is 6.61 Å². The van der Waals surface area contributed by atoms with Crippen molar-refractivity contribution in [3.05, 3.63) is 48.6 Å². The van der Waals surface area contributed by atoms with Gasteiger partial charge in [-0.3, -0.25) is 9.59 Å². The number of hydrogen-bond donors (Lipinski definition) is 0. The Morgan fingerprint density at radius 1 is 0.338 bits per heavy atom. The van der Waals surface area contributed by atoms with Gasteiger partial charge in [0.05, 0.1) is 6.61 Å². The topological polar surface area (TPSA) is 61.8 Å². The lowest BCUT2D eigenvalue weighted by Gasteiger charge is -2.18. The third-order valence-corrected chi connectivity index (χ3v) is 13.4. The van der Waals surface area contributed by atoms with E-state index in [0.29, 0.717) is 19.4 Å². The highest BCUT2D eigenvalue weighted by atomic mass is 16.6. The van der Waals surface area contributed by atoms with Crippen LogP contribution < -0.4 is 0 Å². The Labute approximate surface area is 424 Å². The number of unbranched alkanes of at least 4 members (excludes halogenated alkanes) is 37. The van der Waals surface area contributed by atoms with Crippen LogP contribution in [0.1, 0.15) is 316 Å². The molecule has 0 radical (unpaired) electrons. The van der Waals surface area contributed by atoms with E-state index in [0.717, 1.165) is 70.6 Å². The van der Waals surface area contributed by atoms with Crippen molar-refractivity contribution in [3.8, 4) is 0 Å². The molecule has 0 rings (SSSR count). The first-order valence-corrected chi connectivity index (χ1v) is 30.2. The van der Waals surface area contributed by atoms with E-state index in [4.69, 9.17) is 14.2 Å². The highest BCUT2D eigenvalue weighted by Gasteiger charge is 2.17. The highest BCUT2D eigenvalue weighted by molar-refractivity contribution is 5.70. The fraction of sp³-hybridized carbons (Fsp3) is 0.841. The summed E-state index contributed by atoms with van der Waals surface area (Å²) in [6, 6.07) is 0. The number of ether oxygens (including phenoxy) is 3. The molecule has 0 amide bonds. The van der Waals surface area contributed by atoms with E-state index >= 15 is 0 Å². The molecule has 1 unspecified atom stereocenters. The minimum Gasteiger partial charge on any atom is -0.462 e. The molecule has 0 spiro atoms. The maximum atomic E-state index is 12.8. The molecule has 0 aliphatic heterocycles. The summed E-state index contributed by atoms with van der Waals surface area (Å²) in [4.78, 5) is 25.5. The van der Waals surface area contributed by atoms with Crippen molar-refractivity contribution in [1.29, 1.82) is 0 Å². The molecule has 0 aliphatic rings. The Bertz CT molecular complexity index is 1120. The zero-order chi connectivity index (χ0) is 49.2. The van der Waals surface area contributed by atoms with E-state index in [1.165, 1.54) is 212 Å². The Morgan fingerprint density at radius 2 is 0.662 bits per heavy atom. The van der Waals surface area contributed by atoms with Crippen LogP contribution in [0.5, 0.6) is 0 Å². The smallest absolute Gasteiger partial charge is 0.306 e. The van der Waals surface area contributed by atoms with Gasteiger partial charge in [-0.1, -0.05) is 294 Å². The molecule has 0 aromatic heterocycles. The quantitative estimate of drug-likeness (QED) is 0.0345. The normalized spacial score (nSPS) is 12.5. The first-order valence-electron chi connectivity index (χ1n) is 30.2. The molecule has 0 fully saturated rings. The van der Waals surface area contributed by atoms with Gasteiger partial charge in [-0.2, -0.15) is 0 Å². The highest BCUT2D eigenvalue weighted by Crippen LogP contribution is 2.17. The number of carbonyl (C=O) groups is 2. The average Bonchev–Trinajstić information content (AvgIpc) is 3.34. The van der Waals surface area contributed by atoms with Gasteiger partial charge < -0.3 is 14.2 Å². The van der Waals surface area contributed by atoms with Crippen LogP contribution in [-0.2, 0) is 23.8 Å². The monoisotopic (exact) mass is 953 g/mol. The van der Waals surface area contributed by atoms with Crippen LogP contribution in [0.25, 0.3) is 0 Å². The van der Waals surface area contributed by atoms with E-state index in [1.54, 1.807) is 0 Å². The van der Waals surface area contributed by atoms with Gasteiger partial charge in [0.25, 0.3) is 0 Å². The number of rotatable bonds is 56. The fourth-order valence-corrected chi connectivity index (χ4v) is 8.92. The molecule has 5 nitrogen and oxygen atoms in total. The Hall–Kier alpha value is -2.14. The SMILES string of the molecule is CC/C=C\C/C=C\C/C=C\C/C=C\CCCCC(=O)OC(COCCCCCCCCCCCCCCCCCCCCCC)COC(=O)CCCCCCCCCCCCCCCCCCC. The Balaban J connectivity index is 4.25. The number of carbonyl (C=O) groups excluding carboxylic acids is 2. The van der Waals surface area contributed by atoms with Gasteiger partial charge in [-0.15, -0.1) is 0 Å². The van der Waals surface area contributed by atoms with Gasteiger partial charge in [0.15, 0.2) is 6.10 Å².